The smallest absolute Gasteiger partial charge is 0.228 e. The van der Waals surface area contributed by atoms with E-state index in [1.807, 2.05) is 24.3 Å². The zero-order chi connectivity index (χ0) is 18.8. The van der Waals surface area contributed by atoms with Crippen LogP contribution in [0.4, 0.5) is 10.1 Å². The molecule has 4 rings (SSSR count). The van der Waals surface area contributed by atoms with E-state index in [1.165, 1.54) is 18.2 Å². The number of hydrogen-bond donors (Lipinski definition) is 2. The number of aryl methyl sites for hydroxylation is 1. The Labute approximate surface area is 154 Å². The summed E-state index contributed by atoms with van der Waals surface area (Å²) >= 11 is 0. The van der Waals surface area contributed by atoms with Gasteiger partial charge in [0.1, 0.15) is 11.3 Å². The second-order valence-corrected chi connectivity index (χ2v) is 6.48. The van der Waals surface area contributed by atoms with Crippen LogP contribution < -0.4 is 10.6 Å². The minimum Gasteiger partial charge on any atom is -0.355 e. The summed E-state index contributed by atoms with van der Waals surface area (Å²) in [7, 11) is 0. The van der Waals surface area contributed by atoms with Gasteiger partial charge in [0.15, 0.2) is 0 Å². The molecule has 138 valence electrons. The number of halogens is 1. The van der Waals surface area contributed by atoms with Crippen molar-refractivity contribution < 1.29 is 14.0 Å². The maximum atomic E-state index is 13.6. The number of nitrogens with zero attached hydrogens (tertiary/aromatic N) is 3. The lowest BCUT2D eigenvalue weighted by molar-refractivity contribution is -0.126. The number of hydrogen-bond acceptors (Lipinski definition) is 4. The first-order valence-corrected chi connectivity index (χ1v) is 8.77. The average molecular weight is 367 g/mol. The first-order chi connectivity index (χ1) is 13.1. The molecule has 2 aromatic carbocycles. The molecule has 0 saturated heterocycles. The number of aromatic nitrogens is 3. The molecule has 1 atom stereocenters. The van der Waals surface area contributed by atoms with Crippen LogP contribution in [-0.4, -0.2) is 33.4 Å². The first-order valence-electron chi connectivity index (χ1n) is 8.77. The fraction of sp³-hybridized carbons (Fsp3) is 0.263. The monoisotopic (exact) mass is 367 g/mol. The van der Waals surface area contributed by atoms with Gasteiger partial charge in [0, 0.05) is 25.2 Å². The van der Waals surface area contributed by atoms with Crippen LogP contribution >= 0.6 is 0 Å². The molecule has 2 heterocycles. The van der Waals surface area contributed by atoms with Gasteiger partial charge in [-0.1, -0.05) is 17.3 Å². The van der Waals surface area contributed by atoms with E-state index < -0.39 is 11.7 Å². The van der Waals surface area contributed by atoms with Gasteiger partial charge < -0.3 is 10.6 Å². The molecule has 0 saturated carbocycles. The fourth-order valence-corrected chi connectivity index (χ4v) is 3.31. The number of carbonyl (C=O) groups is 2. The molecule has 1 aromatic heterocycles. The molecule has 3 aromatic rings. The second-order valence-electron chi connectivity index (χ2n) is 6.48. The van der Waals surface area contributed by atoms with Gasteiger partial charge in [-0.05, 0) is 42.3 Å². The van der Waals surface area contributed by atoms with Gasteiger partial charge in [0.2, 0.25) is 11.8 Å². The summed E-state index contributed by atoms with van der Waals surface area (Å²) in [6, 6.07) is 11.7. The lowest BCUT2D eigenvalue weighted by Gasteiger charge is -2.24. The van der Waals surface area contributed by atoms with Gasteiger partial charge in [-0.15, -0.1) is 5.10 Å². The third kappa shape index (κ3) is 3.51. The third-order valence-corrected chi connectivity index (χ3v) is 4.64. The van der Waals surface area contributed by atoms with E-state index >= 15 is 0 Å². The van der Waals surface area contributed by atoms with Gasteiger partial charge in [-0.25, -0.2) is 9.07 Å². The summed E-state index contributed by atoms with van der Waals surface area (Å²) < 4.78 is 15.4. The highest BCUT2D eigenvalue weighted by molar-refractivity contribution is 6.01. The topological polar surface area (TPSA) is 88.9 Å². The number of benzene rings is 2. The minimum atomic E-state index is -0.684. The molecule has 0 bridgehead atoms. The number of anilines is 1. The Morgan fingerprint density at radius 2 is 2.15 bits per heavy atom. The molecule has 0 unspecified atom stereocenters. The van der Waals surface area contributed by atoms with Crippen molar-refractivity contribution in [3.05, 3.63) is 53.8 Å². The Morgan fingerprint density at radius 3 is 3.04 bits per heavy atom. The second kappa shape index (κ2) is 7.14. The van der Waals surface area contributed by atoms with Gasteiger partial charge in [0.25, 0.3) is 0 Å². The summed E-state index contributed by atoms with van der Waals surface area (Å²) in [6.07, 6.45) is 0.671. The Morgan fingerprint density at radius 1 is 1.30 bits per heavy atom. The van der Waals surface area contributed by atoms with Crippen LogP contribution in [0.5, 0.6) is 0 Å². The summed E-state index contributed by atoms with van der Waals surface area (Å²) in [5.74, 6) is -1.64. The van der Waals surface area contributed by atoms with Crippen molar-refractivity contribution in [3.63, 3.8) is 0 Å². The van der Waals surface area contributed by atoms with Crippen LogP contribution in [0, 0.1) is 5.82 Å². The highest BCUT2D eigenvalue weighted by Gasteiger charge is 2.30. The molecule has 2 N–H and O–H groups in total. The number of amides is 2. The molecule has 2 amide bonds. The molecule has 27 heavy (non-hydrogen) atoms. The maximum absolute atomic E-state index is 13.6. The van der Waals surface area contributed by atoms with Crippen molar-refractivity contribution in [2.75, 3.05) is 11.9 Å². The van der Waals surface area contributed by atoms with Crippen molar-refractivity contribution in [1.29, 1.82) is 0 Å². The summed E-state index contributed by atoms with van der Waals surface area (Å²) in [5.41, 5.74) is 2.77. The van der Waals surface area contributed by atoms with Gasteiger partial charge in [-0.3, -0.25) is 9.59 Å². The first kappa shape index (κ1) is 17.1. The van der Waals surface area contributed by atoms with E-state index in [0.717, 1.165) is 11.0 Å². The minimum absolute atomic E-state index is 0.00992. The molecular weight excluding hydrogens is 349 g/mol. The zero-order valence-corrected chi connectivity index (χ0v) is 14.5. The molecule has 1 aliphatic rings. The van der Waals surface area contributed by atoms with Gasteiger partial charge in [0.05, 0.1) is 11.4 Å². The molecule has 0 fully saturated rings. The average Bonchev–Trinajstić information content (AvgIpc) is 3.08. The summed E-state index contributed by atoms with van der Waals surface area (Å²) in [4.78, 5) is 24.4. The zero-order valence-electron chi connectivity index (χ0n) is 14.5. The summed E-state index contributed by atoms with van der Waals surface area (Å²) in [6.45, 7) is 1.03. The van der Waals surface area contributed by atoms with Crippen molar-refractivity contribution >= 4 is 28.5 Å². The maximum Gasteiger partial charge on any atom is 0.228 e. The van der Waals surface area contributed by atoms with Gasteiger partial charge in [-0.2, -0.15) is 0 Å². The highest BCUT2D eigenvalue weighted by Crippen LogP contribution is 2.32. The molecule has 0 radical (unpaired) electrons. The standard InChI is InChI=1S/C19H18FN5O2/c20-12-6-7-15-13(10-12)14(11-18(26)22-15)19(27)21-8-3-9-25-17-5-2-1-4-16(17)23-24-25/h1-2,4-7,10,14H,3,8-9,11H2,(H,21,27)(H,22,26)/t14-/m0/s1. The number of fused-ring (bicyclic) bond motifs is 2. The lowest BCUT2D eigenvalue weighted by Crippen LogP contribution is -2.35. The number of para-hydroxylation sites is 1. The quantitative estimate of drug-likeness (QED) is 0.677. The molecule has 0 spiro atoms. The number of rotatable bonds is 5. The van der Waals surface area contributed by atoms with Crippen molar-refractivity contribution in [3.8, 4) is 0 Å². The molecular formula is C19H18FN5O2. The van der Waals surface area contributed by atoms with Gasteiger partial charge >= 0.3 is 0 Å². The predicted molar refractivity (Wildman–Crippen MR) is 97.5 cm³/mol. The Hall–Kier alpha value is -3.29. The number of carbonyl (C=O) groups excluding carboxylic acids is 2. The van der Waals surface area contributed by atoms with Crippen LogP contribution in [0.1, 0.15) is 24.3 Å². The Kier molecular flexibility index (Phi) is 4.53. The van der Waals surface area contributed by atoms with E-state index in [2.05, 4.69) is 20.9 Å². The van der Waals surface area contributed by atoms with Crippen molar-refractivity contribution in [1.82, 2.24) is 20.3 Å². The highest BCUT2D eigenvalue weighted by atomic mass is 19.1. The van der Waals surface area contributed by atoms with Crippen LogP contribution in [0.3, 0.4) is 0 Å². The van der Waals surface area contributed by atoms with Crippen LogP contribution in [0.25, 0.3) is 11.0 Å². The number of nitrogens with one attached hydrogen (secondary N) is 2. The lowest BCUT2D eigenvalue weighted by atomic mass is 9.89. The van der Waals surface area contributed by atoms with E-state index in [1.54, 1.807) is 4.68 Å². The fourth-order valence-electron chi connectivity index (χ4n) is 3.31. The Bertz CT molecular complexity index is 1020. The normalized spacial score (nSPS) is 16.0. The van der Waals surface area contributed by atoms with Crippen LogP contribution in [-0.2, 0) is 16.1 Å². The SMILES string of the molecule is O=C1C[C@H](C(=O)NCCCn2nnc3ccccc32)c2cc(F)ccc2N1. The molecule has 0 aliphatic carbocycles. The van der Waals surface area contributed by atoms with E-state index in [0.29, 0.717) is 30.8 Å². The largest absolute Gasteiger partial charge is 0.355 e. The molecule has 1 aliphatic heterocycles. The molecule has 7 nitrogen and oxygen atoms in total. The third-order valence-electron chi connectivity index (χ3n) is 4.64. The Balaban J connectivity index is 1.37. The van der Waals surface area contributed by atoms with Crippen LogP contribution in [0.2, 0.25) is 0 Å². The summed E-state index contributed by atoms with van der Waals surface area (Å²) in [5, 5.41) is 13.7. The van der Waals surface area contributed by atoms with Crippen molar-refractivity contribution in [2.45, 2.75) is 25.3 Å². The van der Waals surface area contributed by atoms with E-state index in [4.69, 9.17) is 0 Å². The predicted octanol–water partition coefficient (Wildman–Crippen LogP) is 2.20. The van der Waals surface area contributed by atoms with Crippen LogP contribution in [0.15, 0.2) is 42.5 Å². The molecule has 8 heteroatoms. The van der Waals surface area contributed by atoms with E-state index in [9.17, 15) is 14.0 Å². The van der Waals surface area contributed by atoms with Crippen molar-refractivity contribution in [2.24, 2.45) is 0 Å². The van der Waals surface area contributed by atoms with E-state index in [-0.39, 0.29) is 18.2 Å².